The maximum atomic E-state index is 6.11. The summed E-state index contributed by atoms with van der Waals surface area (Å²) in [5.41, 5.74) is 8.37. The van der Waals surface area contributed by atoms with Crippen LogP contribution in [0.15, 0.2) is 24.3 Å². The van der Waals surface area contributed by atoms with Crippen molar-refractivity contribution >= 4 is 0 Å². The first kappa shape index (κ1) is 10.8. The second kappa shape index (κ2) is 4.06. The average molecular weight is 216 g/mol. The molecule has 84 valence electrons. The Balaban J connectivity index is 2.31. The number of nitrogens with zero attached hydrogens (tertiary/aromatic N) is 3. The summed E-state index contributed by atoms with van der Waals surface area (Å²) in [6, 6.07) is 7.88. The lowest BCUT2D eigenvalue weighted by atomic mass is 10.1. The topological polar surface area (TPSA) is 56.7 Å². The Bertz CT molecular complexity index is 465. The Morgan fingerprint density at radius 1 is 1.19 bits per heavy atom. The number of nitrogens with two attached hydrogens (primary N) is 1. The number of hydrogen-bond donors (Lipinski definition) is 1. The molecule has 0 saturated heterocycles. The standard InChI is InChI=1S/C12H16N4/c1-8-4-6-10(7-5-8)11(13)12-14-9(2)16(3)15-12/h4-7,11H,13H2,1-3H3. The van der Waals surface area contributed by atoms with E-state index in [9.17, 15) is 0 Å². The van der Waals surface area contributed by atoms with Crippen molar-refractivity contribution in [3.05, 3.63) is 47.0 Å². The van der Waals surface area contributed by atoms with Gasteiger partial charge in [0.05, 0.1) is 6.04 Å². The fraction of sp³-hybridized carbons (Fsp3) is 0.333. The second-order valence-electron chi connectivity index (χ2n) is 4.03. The van der Waals surface area contributed by atoms with Gasteiger partial charge in [0.15, 0.2) is 5.82 Å². The first-order valence-corrected chi connectivity index (χ1v) is 5.27. The molecule has 0 saturated carbocycles. The summed E-state index contributed by atoms with van der Waals surface area (Å²) in [5, 5.41) is 4.29. The van der Waals surface area contributed by atoms with E-state index < -0.39 is 0 Å². The zero-order valence-corrected chi connectivity index (χ0v) is 9.81. The fourth-order valence-electron chi connectivity index (χ4n) is 1.54. The number of benzene rings is 1. The van der Waals surface area contributed by atoms with Crippen LogP contribution in [0.4, 0.5) is 0 Å². The van der Waals surface area contributed by atoms with Crippen molar-refractivity contribution in [2.75, 3.05) is 0 Å². The zero-order chi connectivity index (χ0) is 11.7. The summed E-state index contributed by atoms with van der Waals surface area (Å²) in [6.07, 6.45) is 0. The van der Waals surface area contributed by atoms with Crippen LogP contribution >= 0.6 is 0 Å². The van der Waals surface area contributed by atoms with Gasteiger partial charge in [0.25, 0.3) is 0 Å². The summed E-state index contributed by atoms with van der Waals surface area (Å²) < 4.78 is 1.74. The van der Waals surface area contributed by atoms with Gasteiger partial charge in [0.2, 0.25) is 0 Å². The lowest BCUT2D eigenvalue weighted by Gasteiger charge is -2.07. The minimum Gasteiger partial charge on any atom is -0.318 e. The first-order chi connectivity index (χ1) is 7.58. The van der Waals surface area contributed by atoms with Gasteiger partial charge in [-0.05, 0) is 19.4 Å². The molecule has 0 aliphatic heterocycles. The van der Waals surface area contributed by atoms with Crippen molar-refractivity contribution < 1.29 is 0 Å². The van der Waals surface area contributed by atoms with Crippen molar-refractivity contribution in [1.82, 2.24) is 14.8 Å². The summed E-state index contributed by atoms with van der Waals surface area (Å²) in [6.45, 7) is 3.97. The first-order valence-electron chi connectivity index (χ1n) is 5.27. The van der Waals surface area contributed by atoms with Crippen molar-refractivity contribution in [2.24, 2.45) is 12.8 Å². The largest absolute Gasteiger partial charge is 0.318 e. The molecule has 4 nitrogen and oxygen atoms in total. The van der Waals surface area contributed by atoms with Crippen LogP contribution in [0.3, 0.4) is 0 Å². The van der Waals surface area contributed by atoms with E-state index in [2.05, 4.69) is 17.0 Å². The molecule has 0 amide bonds. The SMILES string of the molecule is Cc1ccc(C(N)c2nc(C)n(C)n2)cc1. The van der Waals surface area contributed by atoms with E-state index in [1.54, 1.807) is 4.68 Å². The maximum Gasteiger partial charge on any atom is 0.172 e. The van der Waals surface area contributed by atoms with Crippen molar-refractivity contribution in [1.29, 1.82) is 0 Å². The van der Waals surface area contributed by atoms with E-state index in [1.807, 2.05) is 38.2 Å². The third kappa shape index (κ3) is 1.97. The normalized spacial score (nSPS) is 12.8. The van der Waals surface area contributed by atoms with Crippen LogP contribution in [0.25, 0.3) is 0 Å². The summed E-state index contributed by atoms with van der Waals surface area (Å²) >= 11 is 0. The molecule has 2 N–H and O–H groups in total. The summed E-state index contributed by atoms with van der Waals surface area (Å²) in [4.78, 5) is 4.34. The molecule has 0 bridgehead atoms. The Labute approximate surface area is 95.1 Å². The predicted octanol–water partition coefficient (Wildman–Crippen LogP) is 1.48. The van der Waals surface area contributed by atoms with Gasteiger partial charge in [-0.2, -0.15) is 5.10 Å². The molecule has 1 heterocycles. The van der Waals surface area contributed by atoms with Gasteiger partial charge in [-0.1, -0.05) is 29.8 Å². The quantitative estimate of drug-likeness (QED) is 0.827. The van der Waals surface area contributed by atoms with Gasteiger partial charge < -0.3 is 5.73 Å². The Kier molecular flexibility index (Phi) is 2.75. The zero-order valence-electron chi connectivity index (χ0n) is 9.81. The third-order valence-corrected chi connectivity index (χ3v) is 2.71. The van der Waals surface area contributed by atoms with Gasteiger partial charge in [0, 0.05) is 7.05 Å². The van der Waals surface area contributed by atoms with Crippen LogP contribution in [0, 0.1) is 13.8 Å². The minimum atomic E-state index is -0.250. The van der Waals surface area contributed by atoms with Crippen molar-refractivity contribution in [3.8, 4) is 0 Å². The summed E-state index contributed by atoms with van der Waals surface area (Å²) in [7, 11) is 1.87. The van der Waals surface area contributed by atoms with Crippen LogP contribution < -0.4 is 5.73 Å². The predicted molar refractivity (Wildman–Crippen MR) is 62.9 cm³/mol. The lowest BCUT2D eigenvalue weighted by molar-refractivity contribution is 0.700. The van der Waals surface area contributed by atoms with Gasteiger partial charge in [-0.25, -0.2) is 4.98 Å². The molecule has 4 heteroatoms. The third-order valence-electron chi connectivity index (χ3n) is 2.71. The molecule has 0 spiro atoms. The fourth-order valence-corrected chi connectivity index (χ4v) is 1.54. The molecule has 0 fully saturated rings. The van der Waals surface area contributed by atoms with Crippen LogP contribution in [0.2, 0.25) is 0 Å². The smallest absolute Gasteiger partial charge is 0.172 e. The highest BCUT2D eigenvalue weighted by atomic mass is 15.3. The van der Waals surface area contributed by atoms with E-state index in [4.69, 9.17) is 5.73 Å². The molecule has 0 aliphatic rings. The Morgan fingerprint density at radius 2 is 1.81 bits per heavy atom. The molecule has 1 atom stereocenters. The number of hydrogen-bond acceptors (Lipinski definition) is 3. The molecule has 16 heavy (non-hydrogen) atoms. The second-order valence-corrected chi connectivity index (χ2v) is 4.03. The molecule has 1 aromatic heterocycles. The molecule has 2 aromatic rings. The van der Waals surface area contributed by atoms with Crippen LogP contribution in [-0.4, -0.2) is 14.8 Å². The molecule has 1 aromatic carbocycles. The van der Waals surface area contributed by atoms with E-state index in [1.165, 1.54) is 5.56 Å². The molecule has 0 radical (unpaired) electrons. The van der Waals surface area contributed by atoms with Gasteiger partial charge in [0.1, 0.15) is 5.82 Å². The lowest BCUT2D eigenvalue weighted by Crippen LogP contribution is -2.14. The monoisotopic (exact) mass is 216 g/mol. The molecular weight excluding hydrogens is 200 g/mol. The molecular formula is C12H16N4. The van der Waals surface area contributed by atoms with Gasteiger partial charge in [-0.3, -0.25) is 4.68 Å². The van der Waals surface area contributed by atoms with E-state index in [0.29, 0.717) is 5.82 Å². The summed E-state index contributed by atoms with van der Waals surface area (Å²) in [5.74, 6) is 1.54. The van der Waals surface area contributed by atoms with Crippen LogP contribution in [-0.2, 0) is 7.05 Å². The number of aryl methyl sites for hydroxylation is 3. The Morgan fingerprint density at radius 3 is 2.31 bits per heavy atom. The number of aromatic nitrogens is 3. The highest BCUT2D eigenvalue weighted by molar-refractivity contribution is 5.27. The highest BCUT2D eigenvalue weighted by Crippen LogP contribution is 2.16. The van der Waals surface area contributed by atoms with E-state index in [-0.39, 0.29) is 6.04 Å². The highest BCUT2D eigenvalue weighted by Gasteiger charge is 2.14. The molecule has 1 unspecified atom stereocenters. The van der Waals surface area contributed by atoms with Crippen LogP contribution in [0.5, 0.6) is 0 Å². The average Bonchev–Trinajstić information content (AvgIpc) is 2.59. The van der Waals surface area contributed by atoms with Crippen molar-refractivity contribution in [3.63, 3.8) is 0 Å². The van der Waals surface area contributed by atoms with Gasteiger partial charge >= 0.3 is 0 Å². The minimum absolute atomic E-state index is 0.250. The van der Waals surface area contributed by atoms with Gasteiger partial charge in [-0.15, -0.1) is 0 Å². The van der Waals surface area contributed by atoms with Crippen molar-refractivity contribution in [2.45, 2.75) is 19.9 Å². The molecule has 2 rings (SSSR count). The number of rotatable bonds is 2. The van der Waals surface area contributed by atoms with E-state index in [0.717, 1.165) is 11.4 Å². The Hall–Kier alpha value is -1.68. The van der Waals surface area contributed by atoms with Crippen LogP contribution in [0.1, 0.15) is 28.8 Å². The van der Waals surface area contributed by atoms with E-state index >= 15 is 0 Å². The molecule has 0 aliphatic carbocycles. The maximum absolute atomic E-state index is 6.11.